The third kappa shape index (κ3) is 3.62. The van der Waals surface area contributed by atoms with E-state index in [2.05, 4.69) is 15.9 Å². The first-order valence-electron chi connectivity index (χ1n) is 6.04. The van der Waals surface area contributed by atoms with Gasteiger partial charge in [-0.1, -0.05) is 28.9 Å². The summed E-state index contributed by atoms with van der Waals surface area (Å²) < 4.78 is 19.8. The van der Waals surface area contributed by atoms with Gasteiger partial charge < -0.3 is 4.74 Å². The molecule has 18 heavy (non-hydrogen) atoms. The second-order valence-corrected chi connectivity index (χ2v) is 5.27. The van der Waals surface area contributed by atoms with E-state index in [9.17, 15) is 9.18 Å². The molecule has 0 fully saturated rings. The molecule has 0 saturated heterocycles. The van der Waals surface area contributed by atoms with Crippen molar-refractivity contribution in [3.63, 3.8) is 0 Å². The SMILES string of the molecule is CCOC(C)(CC)C(=O)Cc1ccc(Br)cc1F. The molecule has 1 atom stereocenters. The lowest BCUT2D eigenvalue weighted by Crippen LogP contribution is -2.39. The van der Waals surface area contributed by atoms with Crippen LogP contribution in [0.4, 0.5) is 4.39 Å². The van der Waals surface area contributed by atoms with Gasteiger partial charge in [0.15, 0.2) is 5.78 Å². The molecule has 0 aliphatic heterocycles. The van der Waals surface area contributed by atoms with Crippen LogP contribution >= 0.6 is 15.9 Å². The third-order valence-electron chi connectivity index (χ3n) is 3.09. The molecule has 0 aromatic heterocycles. The summed E-state index contributed by atoms with van der Waals surface area (Å²) in [5, 5.41) is 0. The maximum atomic E-state index is 13.7. The number of Topliss-reactive ketones (excluding diaryl/α,β-unsaturated/α-hetero) is 1. The number of rotatable bonds is 6. The molecule has 0 aliphatic rings. The molecule has 0 bridgehead atoms. The Kier molecular flexibility index (Phi) is 5.47. The van der Waals surface area contributed by atoms with E-state index in [1.165, 1.54) is 6.07 Å². The van der Waals surface area contributed by atoms with Crippen molar-refractivity contribution in [1.29, 1.82) is 0 Å². The average Bonchev–Trinajstić information content (AvgIpc) is 2.32. The van der Waals surface area contributed by atoms with E-state index in [0.29, 0.717) is 23.1 Å². The van der Waals surface area contributed by atoms with Crippen LogP contribution in [0.25, 0.3) is 0 Å². The van der Waals surface area contributed by atoms with Gasteiger partial charge in [-0.05, 0) is 38.0 Å². The van der Waals surface area contributed by atoms with Gasteiger partial charge in [-0.2, -0.15) is 0 Å². The van der Waals surface area contributed by atoms with Crippen molar-refractivity contribution in [2.24, 2.45) is 0 Å². The Bertz CT molecular complexity index is 434. The molecule has 1 aromatic rings. The van der Waals surface area contributed by atoms with Crippen LogP contribution in [-0.4, -0.2) is 18.0 Å². The zero-order chi connectivity index (χ0) is 13.8. The molecule has 0 radical (unpaired) electrons. The van der Waals surface area contributed by atoms with Crippen LogP contribution in [0.1, 0.15) is 32.8 Å². The number of benzene rings is 1. The molecule has 100 valence electrons. The highest BCUT2D eigenvalue weighted by Crippen LogP contribution is 2.22. The number of hydrogen-bond donors (Lipinski definition) is 0. The monoisotopic (exact) mass is 316 g/mol. The fraction of sp³-hybridized carbons (Fsp3) is 0.500. The molecule has 2 nitrogen and oxygen atoms in total. The van der Waals surface area contributed by atoms with Gasteiger partial charge in [0.1, 0.15) is 11.4 Å². The summed E-state index contributed by atoms with van der Waals surface area (Å²) in [7, 11) is 0. The molecule has 0 amide bonds. The van der Waals surface area contributed by atoms with Crippen molar-refractivity contribution < 1.29 is 13.9 Å². The van der Waals surface area contributed by atoms with Crippen molar-refractivity contribution >= 4 is 21.7 Å². The van der Waals surface area contributed by atoms with Crippen LogP contribution in [0.2, 0.25) is 0 Å². The van der Waals surface area contributed by atoms with Gasteiger partial charge in [-0.25, -0.2) is 4.39 Å². The fourth-order valence-electron chi connectivity index (χ4n) is 1.72. The topological polar surface area (TPSA) is 26.3 Å². The summed E-state index contributed by atoms with van der Waals surface area (Å²) in [5.74, 6) is -0.458. The first-order valence-corrected chi connectivity index (χ1v) is 6.83. The van der Waals surface area contributed by atoms with Crippen LogP contribution in [0.15, 0.2) is 22.7 Å². The van der Waals surface area contributed by atoms with Gasteiger partial charge in [0.25, 0.3) is 0 Å². The molecule has 0 aliphatic carbocycles. The molecule has 0 N–H and O–H groups in total. The van der Waals surface area contributed by atoms with E-state index >= 15 is 0 Å². The first kappa shape index (κ1) is 15.3. The number of carbonyl (C=O) groups excluding carboxylic acids is 1. The van der Waals surface area contributed by atoms with Gasteiger partial charge in [0.05, 0.1) is 0 Å². The maximum Gasteiger partial charge on any atom is 0.168 e. The Morgan fingerprint density at radius 3 is 2.61 bits per heavy atom. The molecule has 0 heterocycles. The summed E-state index contributed by atoms with van der Waals surface area (Å²) in [5.41, 5.74) is -0.420. The molecular weight excluding hydrogens is 299 g/mol. The van der Waals surface area contributed by atoms with Crippen LogP contribution in [0, 0.1) is 5.82 Å². The molecule has 1 unspecified atom stereocenters. The lowest BCUT2D eigenvalue weighted by molar-refractivity contribution is -0.141. The lowest BCUT2D eigenvalue weighted by atomic mass is 9.92. The fourth-order valence-corrected chi connectivity index (χ4v) is 2.06. The largest absolute Gasteiger partial charge is 0.368 e. The molecule has 1 rings (SSSR count). The minimum absolute atomic E-state index is 0.0590. The van der Waals surface area contributed by atoms with Gasteiger partial charge >= 0.3 is 0 Å². The van der Waals surface area contributed by atoms with Gasteiger partial charge in [0, 0.05) is 17.5 Å². The second-order valence-electron chi connectivity index (χ2n) is 4.35. The molecular formula is C14H18BrFO2. The van der Waals surface area contributed by atoms with E-state index < -0.39 is 5.60 Å². The van der Waals surface area contributed by atoms with Gasteiger partial charge in [0.2, 0.25) is 0 Å². The Morgan fingerprint density at radius 1 is 1.44 bits per heavy atom. The van der Waals surface area contributed by atoms with Crippen LogP contribution in [0.3, 0.4) is 0 Å². The van der Waals surface area contributed by atoms with Crippen molar-refractivity contribution in [2.45, 2.75) is 39.2 Å². The van der Waals surface area contributed by atoms with E-state index in [1.54, 1.807) is 19.1 Å². The number of halogens is 2. The predicted molar refractivity (Wildman–Crippen MR) is 73.1 cm³/mol. The summed E-state index contributed by atoms with van der Waals surface area (Å²) in [6.45, 7) is 5.97. The van der Waals surface area contributed by atoms with Crippen LogP contribution in [0.5, 0.6) is 0 Å². The zero-order valence-electron chi connectivity index (χ0n) is 10.9. The molecule has 0 saturated carbocycles. The first-order chi connectivity index (χ1) is 8.42. The highest BCUT2D eigenvalue weighted by molar-refractivity contribution is 9.10. The predicted octanol–water partition coefficient (Wildman–Crippen LogP) is 3.91. The summed E-state index contributed by atoms with van der Waals surface area (Å²) >= 11 is 3.19. The summed E-state index contributed by atoms with van der Waals surface area (Å²) in [4.78, 5) is 12.2. The highest BCUT2D eigenvalue weighted by atomic mass is 79.9. The van der Waals surface area contributed by atoms with Crippen LogP contribution in [-0.2, 0) is 16.0 Å². The third-order valence-corrected chi connectivity index (χ3v) is 3.59. The Hall–Kier alpha value is -0.740. The van der Waals surface area contributed by atoms with Crippen molar-refractivity contribution in [3.05, 3.63) is 34.1 Å². The van der Waals surface area contributed by atoms with Crippen LogP contribution < -0.4 is 0 Å². The van der Waals surface area contributed by atoms with Crippen molar-refractivity contribution in [1.82, 2.24) is 0 Å². The smallest absolute Gasteiger partial charge is 0.168 e. The molecule has 4 heteroatoms. The van der Waals surface area contributed by atoms with E-state index in [-0.39, 0.29) is 18.0 Å². The normalized spacial score (nSPS) is 14.3. The van der Waals surface area contributed by atoms with Crippen molar-refractivity contribution in [2.75, 3.05) is 6.61 Å². The number of hydrogen-bond acceptors (Lipinski definition) is 2. The van der Waals surface area contributed by atoms with E-state index in [0.717, 1.165) is 0 Å². The Balaban J connectivity index is 2.86. The maximum absolute atomic E-state index is 13.7. The number of ketones is 1. The standard InChI is InChI=1S/C14H18BrFO2/c1-4-14(3,18-5-2)13(17)8-10-6-7-11(15)9-12(10)16/h6-7,9H,4-5,8H2,1-3H3. The summed E-state index contributed by atoms with van der Waals surface area (Å²) in [6.07, 6.45) is 0.640. The minimum Gasteiger partial charge on any atom is -0.368 e. The minimum atomic E-state index is -0.825. The van der Waals surface area contributed by atoms with E-state index in [4.69, 9.17) is 4.74 Å². The second kappa shape index (κ2) is 6.43. The quantitative estimate of drug-likeness (QED) is 0.795. The van der Waals surface area contributed by atoms with Crippen molar-refractivity contribution in [3.8, 4) is 0 Å². The average molecular weight is 317 g/mol. The Labute approximate surface area is 116 Å². The van der Waals surface area contributed by atoms with E-state index in [1.807, 2.05) is 13.8 Å². The zero-order valence-corrected chi connectivity index (χ0v) is 12.5. The number of ether oxygens (including phenoxy) is 1. The molecule has 0 spiro atoms. The van der Waals surface area contributed by atoms with Gasteiger partial charge in [-0.3, -0.25) is 4.79 Å². The Morgan fingerprint density at radius 2 is 2.11 bits per heavy atom. The number of carbonyl (C=O) groups is 1. The van der Waals surface area contributed by atoms with Gasteiger partial charge in [-0.15, -0.1) is 0 Å². The summed E-state index contributed by atoms with van der Waals surface area (Å²) in [6, 6.07) is 4.72. The highest BCUT2D eigenvalue weighted by Gasteiger charge is 2.31. The molecule has 1 aromatic carbocycles. The lowest BCUT2D eigenvalue weighted by Gasteiger charge is -2.26.